The van der Waals surface area contributed by atoms with E-state index in [2.05, 4.69) is 11.2 Å². The summed E-state index contributed by atoms with van der Waals surface area (Å²) in [7, 11) is 0. The average Bonchev–Trinajstić information content (AvgIpc) is 2.34. The lowest BCUT2D eigenvalue weighted by atomic mass is 10.2. The molecule has 0 aromatic heterocycles. The van der Waals surface area contributed by atoms with Gasteiger partial charge in [0.15, 0.2) is 0 Å². The molecule has 0 fully saturated rings. The van der Waals surface area contributed by atoms with Gasteiger partial charge in [-0.25, -0.2) is 4.79 Å². The fourth-order valence-corrected chi connectivity index (χ4v) is 1.04. The van der Waals surface area contributed by atoms with Gasteiger partial charge in [-0.2, -0.15) is 0 Å². The zero-order chi connectivity index (χ0) is 12.7. The molecule has 0 bridgehead atoms. The van der Waals surface area contributed by atoms with E-state index in [0.717, 1.165) is 0 Å². The summed E-state index contributed by atoms with van der Waals surface area (Å²) in [4.78, 5) is 20.9. The molecule has 0 radical (unpaired) electrons. The zero-order valence-corrected chi connectivity index (χ0v) is 8.88. The minimum atomic E-state index is -0.624. The molecule has 1 N–H and O–H groups in total. The quantitative estimate of drug-likeness (QED) is 0.485. The molecule has 0 aliphatic heterocycles. The summed E-state index contributed by atoms with van der Waals surface area (Å²) in [6.45, 7) is 0.132. The van der Waals surface area contributed by atoms with Crippen molar-refractivity contribution >= 4 is 11.8 Å². The first-order chi connectivity index (χ1) is 8.13. The first kappa shape index (κ1) is 12.5. The van der Waals surface area contributed by atoms with Crippen LogP contribution in [0.25, 0.3) is 0 Å². The Morgan fingerprint density at radius 3 is 2.65 bits per heavy atom. The maximum absolute atomic E-state index is 11.0. The Hall–Kier alpha value is -2.55. The third-order valence-electron chi connectivity index (χ3n) is 1.85. The summed E-state index contributed by atoms with van der Waals surface area (Å²) in [5.74, 6) is 2.23. The molecule has 0 aliphatic rings. The number of hydrogen-bond donors (Lipinski definition) is 1. The van der Waals surface area contributed by atoms with Crippen molar-refractivity contribution < 1.29 is 14.5 Å². The molecule has 1 aromatic rings. The summed E-state index contributed by atoms with van der Waals surface area (Å²) in [6.07, 6.45) is 4.32. The second-order valence-electron chi connectivity index (χ2n) is 3.06. The summed E-state index contributed by atoms with van der Waals surface area (Å²) in [5, 5.41) is 12.7. The molecule has 6 heteroatoms. The van der Waals surface area contributed by atoms with Gasteiger partial charge >= 0.3 is 6.09 Å². The van der Waals surface area contributed by atoms with Crippen LogP contribution in [0.2, 0.25) is 0 Å². The number of benzene rings is 1. The van der Waals surface area contributed by atoms with Crippen LogP contribution in [0.4, 0.5) is 10.5 Å². The van der Waals surface area contributed by atoms with Crippen LogP contribution in [0.3, 0.4) is 0 Å². The van der Waals surface area contributed by atoms with Crippen LogP contribution in [0, 0.1) is 22.5 Å². The van der Waals surface area contributed by atoms with Gasteiger partial charge in [0, 0.05) is 12.1 Å². The average molecular weight is 234 g/mol. The standard InChI is InChI=1S/C11H10N2O4/c1-2-7-12-11(14)17-8-9-3-5-10(6-4-9)13(15)16/h1,3-6H,7-8H2,(H,12,14). The molecule has 1 rings (SSSR count). The van der Waals surface area contributed by atoms with E-state index in [-0.39, 0.29) is 18.8 Å². The number of alkyl carbamates (subject to hydrolysis) is 1. The van der Waals surface area contributed by atoms with Gasteiger partial charge in [0.2, 0.25) is 0 Å². The molecule has 0 saturated carbocycles. The molecule has 0 atom stereocenters. The van der Waals surface area contributed by atoms with Gasteiger partial charge in [-0.05, 0) is 17.7 Å². The van der Waals surface area contributed by atoms with Crippen molar-refractivity contribution in [2.75, 3.05) is 6.54 Å². The predicted octanol–water partition coefficient (Wildman–Crippen LogP) is 1.45. The largest absolute Gasteiger partial charge is 0.445 e. The van der Waals surface area contributed by atoms with Gasteiger partial charge in [-0.1, -0.05) is 5.92 Å². The summed E-state index contributed by atoms with van der Waals surface area (Å²) in [5.41, 5.74) is 0.650. The van der Waals surface area contributed by atoms with Crippen molar-refractivity contribution in [2.45, 2.75) is 6.61 Å². The van der Waals surface area contributed by atoms with Crippen LogP contribution in [-0.4, -0.2) is 17.6 Å². The number of nitro groups is 1. The van der Waals surface area contributed by atoms with Gasteiger partial charge in [0.1, 0.15) is 6.61 Å². The van der Waals surface area contributed by atoms with E-state index in [0.29, 0.717) is 5.56 Å². The Bertz CT molecular complexity index is 448. The Kier molecular flexibility index (Phi) is 4.51. The molecule has 1 aromatic carbocycles. The summed E-state index contributed by atoms with van der Waals surface area (Å²) in [6, 6.07) is 5.73. The highest BCUT2D eigenvalue weighted by molar-refractivity contribution is 5.67. The van der Waals surface area contributed by atoms with E-state index in [4.69, 9.17) is 11.2 Å². The normalized spacial score (nSPS) is 9.12. The molecule has 88 valence electrons. The lowest BCUT2D eigenvalue weighted by molar-refractivity contribution is -0.384. The number of ether oxygens (including phenoxy) is 1. The molecule has 0 saturated heterocycles. The number of nitro benzene ring substituents is 1. The maximum atomic E-state index is 11.0. The number of rotatable bonds is 4. The van der Waals surface area contributed by atoms with Gasteiger partial charge < -0.3 is 10.1 Å². The Morgan fingerprint density at radius 1 is 1.47 bits per heavy atom. The number of carbonyl (C=O) groups excluding carboxylic acids is 1. The van der Waals surface area contributed by atoms with Crippen LogP contribution in [0.15, 0.2) is 24.3 Å². The van der Waals surface area contributed by atoms with Crippen molar-refractivity contribution in [3.63, 3.8) is 0 Å². The molecule has 1 amide bonds. The highest BCUT2D eigenvalue weighted by atomic mass is 16.6. The van der Waals surface area contributed by atoms with Crippen molar-refractivity contribution in [1.82, 2.24) is 5.32 Å². The third kappa shape index (κ3) is 4.22. The number of hydrogen-bond acceptors (Lipinski definition) is 4. The van der Waals surface area contributed by atoms with Gasteiger partial charge in [-0.15, -0.1) is 6.42 Å². The Balaban J connectivity index is 2.45. The fraction of sp³-hybridized carbons (Fsp3) is 0.182. The molecule has 0 spiro atoms. The number of terminal acetylenes is 1. The Morgan fingerprint density at radius 2 is 2.12 bits per heavy atom. The van der Waals surface area contributed by atoms with E-state index in [1.54, 1.807) is 0 Å². The Labute approximate surface area is 97.7 Å². The molecule has 17 heavy (non-hydrogen) atoms. The second kappa shape index (κ2) is 6.12. The van der Waals surface area contributed by atoms with E-state index in [1.807, 2.05) is 0 Å². The van der Waals surface area contributed by atoms with Gasteiger partial charge in [0.05, 0.1) is 11.5 Å². The molecular formula is C11H10N2O4. The number of nitrogens with one attached hydrogen (secondary N) is 1. The fourth-order valence-electron chi connectivity index (χ4n) is 1.04. The van der Waals surface area contributed by atoms with Crippen molar-refractivity contribution in [3.8, 4) is 12.3 Å². The topological polar surface area (TPSA) is 81.5 Å². The smallest absolute Gasteiger partial charge is 0.408 e. The van der Waals surface area contributed by atoms with Crippen molar-refractivity contribution in [1.29, 1.82) is 0 Å². The first-order valence-electron chi connectivity index (χ1n) is 4.71. The predicted molar refractivity (Wildman–Crippen MR) is 60.1 cm³/mol. The minimum Gasteiger partial charge on any atom is -0.445 e. The summed E-state index contributed by atoms with van der Waals surface area (Å²) >= 11 is 0. The molecule has 0 unspecified atom stereocenters. The van der Waals surface area contributed by atoms with Crippen molar-refractivity contribution in [3.05, 3.63) is 39.9 Å². The number of nitrogens with zero attached hydrogens (tertiary/aromatic N) is 1. The SMILES string of the molecule is C#CCNC(=O)OCc1ccc([N+](=O)[O-])cc1. The minimum absolute atomic E-state index is 0.00877. The molecular weight excluding hydrogens is 224 g/mol. The van der Waals surface area contributed by atoms with Crippen LogP contribution in [0.5, 0.6) is 0 Å². The van der Waals surface area contributed by atoms with Crippen LogP contribution in [-0.2, 0) is 11.3 Å². The van der Waals surface area contributed by atoms with E-state index in [1.165, 1.54) is 24.3 Å². The van der Waals surface area contributed by atoms with E-state index >= 15 is 0 Å². The third-order valence-corrected chi connectivity index (χ3v) is 1.85. The number of non-ortho nitro benzene ring substituents is 1. The number of amides is 1. The monoisotopic (exact) mass is 234 g/mol. The van der Waals surface area contributed by atoms with E-state index < -0.39 is 11.0 Å². The lowest BCUT2D eigenvalue weighted by Crippen LogP contribution is -2.24. The molecule has 0 aliphatic carbocycles. The molecule has 6 nitrogen and oxygen atoms in total. The number of carbonyl (C=O) groups is 1. The van der Waals surface area contributed by atoms with Crippen molar-refractivity contribution in [2.24, 2.45) is 0 Å². The second-order valence-corrected chi connectivity index (χ2v) is 3.06. The first-order valence-corrected chi connectivity index (χ1v) is 4.71. The van der Waals surface area contributed by atoms with Gasteiger partial charge in [-0.3, -0.25) is 10.1 Å². The highest BCUT2D eigenvalue weighted by Gasteiger charge is 2.05. The highest BCUT2D eigenvalue weighted by Crippen LogP contribution is 2.12. The van der Waals surface area contributed by atoms with Crippen LogP contribution in [0.1, 0.15) is 5.56 Å². The summed E-state index contributed by atoms with van der Waals surface area (Å²) < 4.78 is 4.82. The lowest BCUT2D eigenvalue weighted by Gasteiger charge is -2.04. The van der Waals surface area contributed by atoms with Crippen LogP contribution >= 0.6 is 0 Å². The maximum Gasteiger partial charge on any atom is 0.408 e. The molecule has 0 heterocycles. The van der Waals surface area contributed by atoms with Gasteiger partial charge in [0.25, 0.3) is 5.69 Å². The zero-order valence-electron chi connectivity index (χ0n) is 8.88. The van der Waals surface area contributed by atoms with Crippen LogP contribution < -0.4 is 5.32 Å². The van der Waals surface area contributed by atoms with E-state index in [9.17, 15) is 14.9 Å².